The number of aromatic amines is 1. The quantitative estimate of drug-likeness (QED) is 0.780. The average molecular weight is 374 g/mol. The summed E-state index contributed by atoms with van der Waals surface area (Å²) in [6, 6.07) is 0. The molecule has 0 saturated carbocycles. The lowest BCUT2D eigenvalue weighted by Crippen LogP contribution is -2.25. The molecule has 0 radical (unpaired) electrons. The van der Waals surface area contributed by atoms with E-state index in [-0.39, 0.29) is 27.9 Å². The Morgan fingerprint density at radius 2 is 1.63 bits per heavy atom. The summed E-state index contributed by atoms with van der Waals surface area (Å²) in [5.41, 5.74) is 2.79. The zero-order chi connectivity index (χ0) is 20.6. The van der Waals surface area contributed by atoms with E-state index in [1.807, 2.05) is 6.20 Å². The monoisotopic (exact) mass is 373 g/mol. The second-order valence-electron chi connectivity index (χ2n) is 10.4. The van der Waals surface area contributed by atoms with Crippen LogP contribution in [0.1, 0.15) is 104 Å². The summed E-state index contributed by atoms with van der Waals surface area (Å²) in [6.45, 7) is 19.5. The molecule has 0 amide bonds. The summed E-state index contributed by atoms with van der Waals surface area (Å²) in [7, 11) is 0. The Balaban J connectivity index is 2.26. The summed E-state index contributed by atoms with van der Waals surface area (Å²) >= 11 is 0. The maximum Gasteiger partial charge on any atom is 0.345 e. The van der Waals surface area contributed by atoms with Gasteiger partial charge in [0.05, 0.1) is 6.20 Å². The van der Waals surface area contributed by atoms with Crippen molar-refractivity contribution in [2.45, 2.75) is 97.3 Å². The Morgan fingerprint density at radius 3 is 2.19 bits per heavy atom. The molecule has 1 atom stereocenters. The van der Waals surface area contributed by atoms with Crippen LogP contribution >= 0.6 is 0 Å². The van der Waals surface area contributed by atoms with Crippen LogP contribution in [0.5, 0.6) is 0 Å². The second kappa shape index (κ2) is 7.25. The molecule has 2 aromatic heterocycles. The van der Waals surface area contributed by atoms with Crippen molar-refractivity contribution in [1.29, 1.82) is 0 Å². The molecule has 2 aromatic rings. The first kappa shape index (κ1) is 21.4. The standard InChI is InChI=1S/C22H35N3O2/c1-14(17-15(20(2,3)4)12-23-19(26)25-17)10-11-22(8,9)16-13-24-27-18(16)21(5,6)7/h12-14H,10-11H2,1-9H3,(H,23,25,26). The van der Waals surface area contributed by atoms with Crippen LogP contribution < -0.4 is 5.69 Å². The lowest BCUT2D eigenvalue weighted by atomic mass is 9.74. The summed E-state index contributed by atoms with van der Waals surface area (Å²) < 4.78 is 5.58. The molecule has 2 heterocycles. The number of hydrogen-bond donors (Lipinski definition) is 1. The van der Waals surface area contributed by atoms with Gasteiger partial charge >= 0.3 is 5.69 Å². The molecule has 0 fully saturated rings. The number of aromatic nitrogens is 3. The molecule has 5 heteroatoms. The molecule has 0 aliphatic carbocycles. The fourth-order valence-corrected chi connectivity index (χ4v) is 3.51. The van der Waals surface area contributed by atoms with Crippen molar-refractivity contribution < 1.29 is 4.52 Å². The van der Waals surface area contributed by atoms with Crippen molar-refractivity contribution in [3.63, 3.8) is 0 Å². The van der Waals surface area contributed by atoms with Gasteiger partial charge in [-0.1, -0.05) is 67.5 Å². The first-order chi connectivity index (χ1) is 12.2. The number of nitrogens with one attached hydrogen (secondary N) is 1. The molecule has 150 valence electrons. The highest BCUT2D eigenvalue weighted by Crippen LogP contribution is 2.39. The van der Waals surface area contributed by atoms with Crippen LogP contribution in [0.25, 0.3) is 0 Å². The molecular weight excluding hydrogens is 338 g/mol. The van der Waals surface area contributed by atoms with Gasteiger partial charge in [-0.15, -0.1) is 0 Å². The largest absolute Gasteiger partial charge is 0.361 e. The second-order valence-corrected chi connectivity index (χ2v) is 10.4. The lowest BCUT2D eigenvalue weighted by Gasteiger charge is -2.30. The van der Waals surface area contributed by atoms with Crippen molar-refractivity contribution in [2.24, 2.45) is 0 Å². The SMILES string of the molecule is CC(CCC(C)(C)c1cnoc1C(C)(C)C)c1[nH]c(=O)ncc1C(C)(C)C. The molecule has 1 N–H and O–H groups in total. The van der Waals surface area contributed by atoms with Crippen LogP contribution in [0.2, 0.25) is 0 Å². The third-order valence-corrected chi connectivity index (χ3v) is 5.33. The molecule has 0 aliphatic rings. The fraction of sp³-hybridized carbons (Fsp3) is 0.682. The van der Waals surface area contributed by atoms with Gasteiger partial charge in [0.2, 0.25) is 0 Å². The highest BCUT2D eigenvalue weighted by Gasteiger charge is 2.33. The topological polar surface area (TPSA) is 71.8 Å². The van der Waals surface area contributed by atoms with E-state index in [9.17, 15) is 4.79 Å². The van der Waals surface area contributed by atoms with Gasteiger partial charge in [0.25, 0.3) is 0 Å². The molecule has 0 spiro atoms. The Morgan fingerprint density at radius 1 is 1.00 bits per heavy atom. The van der Waals surface area contributed by atoms with Gasteiger partial charge in [-0.3, -0.25) is 0 Å². The van der Waals surface area contributed by atoms with E-state index in [0.717, 1.165) is 29.9 Å². The number of hydrogen-bond acceptors (Lipinski definition) is 4. The minimum absolute atomic E-state index is 0.0634. The van der Waals surface area contributed by atoms with Gasteiger partial charge in [-0.05, 0) is 35.2 Å². The molecule has 0 bridgehead atoms. The van der Waals surface area contributed by atoms with Crippen molar-refractivity contribution in [3.05, 3.63) is 45.5 Å². The molecule has 5 nitrogen and oxygen atoms in total. The van der Waals surface area contributed by atoms with Gasteiger partial charge in [0.1, 0.15) is 5.76 Å². The van der Waals surface area contributed by atoms with Gasteiger partial charge in [-0.2, -0.15) is 0 Å². The maximum atomic E-state index is 11.8. The summed E-state index contributed by atoms with van der Waals surface area (Å²) in [6.07, 6.45) is 5.50. The highest BCUT2D eigenvalue weighted by atomic mass is 16.5. The first-order valence-electron chi connectivity index (χ1n) is 9.79. The Kier molecular flexibility index (Phi) is 5.74. The van der Waals surface area contributed by atoms with E-state index >= 15 is 0 Å². The molecule has 0 aromatic carbocycles. The van der Waals surface area contributed by atoms with Crippen LogP contribution in [0.15, 0.2) is 21.7 Å². The molecule has 2 rings (SSSR count). The predicted molar refractivity (Wildman–Crippen MR) is 109 cm³/mol. The summed E-state index contributed by atoms with van der Waals surface area (Å²) in [5.74, 6) is 1.18. The van der Waals surface area contributed by atoms with E-state index in [1.54, 1.807) is 6.20 Å². The third-order valence-electron chi connectivity index (χ3n) is 5.33. The van der Waals surface area contributed by atoms with Crippen LogP contribution in [0, 0.1) is 0 Å². The van der Waals surface area contributed by atoms with Crippen molar-refractivity contribution in [1.82, 2.24) is 15.1 Å². The van der Waals surface area contributed by atoms with Crippen LogP contribution in [-0.4, -0.2) is 15.1 Å². The molecule has 0 saturated heterocycles. The van der Waals surface area contributed by atoms with Gasteiger partial charge < -0.3 is 9.51 Å². The van der Waals surface area contributed by atoms with Crippen molar-refractivity contribution >= 4 is 0 Å². The normalized spacial score (nSPS) is 14.4. The van der Waals surface area contributed by atoms with E-state index < -0.39 is 0 Å². The number of nitrogens with zero attached hydrogens (tertiary/aromatic N) is 2. The van der Waals surface area contributed by atoms with E-state index in [2.05, 4.69) is 77.4 Å². The predicted octanol–water partition coefficient (Wildman–Crippen LogP) is 5.21. The zero-order valence-corrected chi connectivity index (χ0v) is 18.4. The van der Waals surface area contributed by atoms with Gasteiger partial charge in [0, 0.05) is 22.9 Å². The average Bonchev–Trinajstić information content (AvgIpc) is 3.02. The summed E-state index contributed by atoms with van der Waals surface area (Å²) in [5, 5.41) is 4.07. The first-order valence-corrected chi connectivity index (χ1v) is 9.79. The lowest BCUT2D eigenvalue weighted by molar-refractivity contribution is 0.317. The van der Waals surface area contributed by atoms with Gasteiger partial charge in [-0.25, -0.2) is 9.78 Å². The Labute approximate surface area is 163 Å². The molecule has 0 aliphatic heterocycles. The molecule has 1 unspecified atom stereocenters. The van der Waals surface area contributed by atoms with Gasteiger partial charge in [0.15, 0.2) is 0 Å². The Bertz CT molecular complexity index is 832. The van der Waals surface area contributed by atoms with Crippen molar-refractivity contribution in [3.8, 4) is 0 Å². The zero-order valence-electron chi connectivity index (χ0n) is 18.4. The van der Waals surface area contributed by atoms with Crippen molar-refractivity contribution in [2.75, 3.05) is 0 Å². The minimum atomic E-state index is -0.279. The maximum absolute atomic E-state index is 11.8. The minimum Gasteiger partial charge on any atom is -0.361 e. The van der Waals surface area contributed by atoms with E-state index in [0.29, 0.717) is 0 Å². The van der Waals surface area contributed by atoms with Crippen LogP contribution in [0.3, 0.4) is 0 Å². The molecular formula is C22H35N3O2. The van der Waals surface area contributed by atoms with Crippen LogP contribution in [-0.2, 0) is 16.2 Å². The number of H-pyrrole nitrogens is 1. The fourth-order valence-electron chi connectivity index (χ4n) is 3.51. The van der Waals surface area contributed by atoms with Crippen LogP contribution in [0.4, 0.5) is 0 Å². The number of rotatable bonds is 5. The Hall–Kier alpha value is -1.91. The molecule has 27 heavy (non-hydrogen) atoms. The third kappa shape index (κ3) is 4.88. The highest BCUT2D eigenvalue weighted by molar-refractivity contribution is 5.30. The smallest absolute Gasteiger partial charge is 0.345 e. The summed E-state index contributed by atoms with van der Waals surface area (Å²) in [4.78, 5) is 18.8. The van der Waals surface area contributed by atoms with E-state index in [1.165, 1.54) is 5.56 Å². The van der Waals surface area contributed by atoms with E-state index in [4.69, 9.17) is 4.52 Å².